The van der Waals surface area contributed by atoms with E-state index in [1.165, 1.54) is 19.3 Å². The van der Waals surface area contributed by atoms with E-state index in [4.69, 9.17) is 11.6 Å². The first-order valence-electron chi connectivity index (χ1n) is 6.48. The fraction of sp³-hybridized carbons (Fsp3) is 0.400. The fourth-order valence-corrected chi connectivity index (χ4v) is 2.48. The van der Waals surface area contributed by atoms with Gasteiger partial charge in [0.2, 0.25) is 5.91 Å². The second-order valence-electron chi connectivity index (χ2n) is 4.73. The second kappa shape index (κ2) is 6.60. The molecule has 1 aliphatic rings. The normalized spacial score (nSPS) is 16.9. The number of hydrogen-bond donors (Lipinski definition) is 1. The molecule has 0 spiro atoms. The Morgan fingerprint density at radius 2 is 2.06 bits per heavy atom. The van der Waals surface area contributed by atoms with Gasteiger partial charge in [-0.25, -0.2) is 0 Å². The van der Waals surface area contributed by atoms with Gasteiger partial charge in [0.05, 0.1) is 0 Å². The molecular formula is C15H18ClNO. The van der Waals surface area contributed by atoms with E-state index in [1.807, 2.05) is 24.3 Å². The quantitative estimate of drug-likeness (QED) is 0.826. The Labute approximate surface area is 113 Å². The summed E-state index contributed by atoms with van der Waals surface area (Å²) in [6.45, 7) is 0. The Bertz CT molecular complexity index is 436. The SMILES string of the molecule is O=C(/C=C/c1cccc(Cl)c1)NC1CCCCC1. The number of hydrogen-bond acceptors (Lipinski definition) is 1. The van der Waals surface area contributed by atoms with Crippen molar-refractivity contribution in [1.82, 2.24) is 5.32 Å². The van der Waals surface area contributed by atoms with Crippen LogP contribution in [0.15, 0.2) is 30.3 Å². The maximum Gasteiger partial charge on any atom is 0.244 e. The maximum absolute atomic E-state index is 11.7. The first-order valence-corrected chi connectivity index (χ1v) is 6.86. The Kier molecular flexibility index (Phi) is 4.82. The summed E-state index contributed by atoms with van der Waals surface area (Å²) in [5.41, 5.74) is 0.946. The van der Waals surface area contributed by atoms with Crippen molar-refractivity contribution >= 4 is 23.6 Å². The second-order valence-corrected chi connectivity index (χ2v) is 5.17. The highest BCUT2D eigenvalue weighted by molar-refractivity contribution is 6.30. The summed E-state index contributed by atoms with van der Waals surface area (Å²) in [4.78, 5) is 11.7. The molecule has 1 aliphatic carbocycles. The number of rotatable bonds is 3. The molecule has 1 N–H and O–H groups in total. The summed E-state index contributed by atoms with van der Waals surface area (Å²) in [6, 6.07) is 7.82. The van der Waals surface area contributed by atoms with Crippen molar-refractivity contribution in [2.45, 2.75) is 38.1 Å². The third kappa shape index (κ3) is 4.19. The van der Waals surface area contributed by atoms with Crippen LogP contribution in [0.5, 0.6) is 0 Å². The van der Waals surface area contributed by atoms with E-state index in [-0.39, 0.29) is 5.91 Å². The van der Waals surface area contributed by atoms with Crippen molar-refractivity contribution in [2.75, 3.05) is 0 Å². The van der Waals surface area contributed by atoms with Gasteiger partial charge in [0.15, 0.2) is 0 Å². The third-order valence-corrected chi connectivity index (χ3v) is 3.46. The molecule has 0 bridgehead atoms. The lowest BCUT2D eigenvalue weighted by Crippen LogP contribution is -2.34. The topological polar surface area (TPSA) is 29.1 Å². The van der Waals surface area contributed by atoms with Crippen molar-refractivity contribution < 1.29 is 4.79 Å². The van der Waals surface area contributed by atoms with Gasteiger partial charge in [0, 0.05) is 17.1 Å². The number of halogens is 1. The first-order chi connectivity index (χ1) is 8.74. The molecule has 0 atom stereocenters. The molecule has 18 heavy (non-hydrogen) atoms. The van der Waals surface area contributed by atoms with Crippen LogP contribution in [-0.2, 0) is 4.79 Å². The van der Waals surface area contributed by atoms with Crippen molar-refractivity contribution in [2.24, 2.45) is 0 Å². The molecule has 0 aliphatic heterocycles. The van der Waals surface area contributed by atoms with Crippen LogP contribution in [-0.4, -0.2) is 11.9 Å². The highest BCUT2D eigenvalue weighted by Gasteiger charge is 2.13. The average molecular weight is 264 g/mol. The van der Waals surface area contributed by atoms with Gasteiger partial charge in [0.1, 0.15) is 0 Å². The Balaban J connectivity index is 1.86. The minimum absolute atomic E-state index is 0.0122. The van der Waals surface area contributed by atoms with E-state index in [2.05, 4.69) is 5.32 Å². The van der Waals surface area contributed by atoms with Crippen LogP contribution in [0.2, 0.25) is 5.02 Å². The van der Waals surface area contributed by atoms with Crippen molar-refractivity contribution in [1.29, 1.82) is 0 Å². The van der Waals surface area contributed by atoms with Gasteiger partial charge in [-0.15, -0.1) is 0 Å². The van der Waals surface area contributed by atoms with Gasteiger partial charge >= 0.3 is 0 Å². The predicted molar refractivity (Wildman–Crippen MR) is 75.5 cm³/mol. The highest BCUT2D eigenvalue weighted by atomic mass is 35.5. The summed E-state index contributed by atoms with van der Waals surface area (Å²) in [5, 5.41) is 3.73. The smallest absolute Gasteiger partial charge is 0.244 e. The molecule has 2 nitrogen and oxygen atoms in total. The number of carbonyl (C=O) groups excluding carboxylic acids is 1. The number of carbonyl (C=O) groups is 1. The van der Waals surface area contributed by atoms with Gasteiger partial charge in [-0.1, -0.05) is 43.0 Å². The van der Waals surface area contributed by atoms with Gasteiger partial charge in [-0.05, 0) is 36.6 Å². The van der Waals surface area contributed by atoms with Gasteiger partial charge in [0.25, 0.3) is 0 Å². The lowest BCUT2D eigenvalue weighted by Gasteiger charge is -2.21. The molecule has 0 unspecified atom stereocenters. The van der Waals surface area contributed by atoms with Crippen molar-refractivity contribution in [3.8, 4) is 0 Å². The minimum Gasteiger partial charge on any atom is -0.350 e. The zero-order chi connectivity index (χ0) is 12.8. The summed E-state index contributed by atoms with van der Waals surface area (Å²) >= 11 is 5.88. The molecule has 3 heteroatoms. The molecule has 1 amide bonds. The van der Waals surface area contributed by atoms with Crippen LogP contribution in [0.1, 0.15) is 37.7 Å². The number of benzene rings is 1. The standard InChI is InChI=1S/C15H18ClNO/c16-13-6-4-5-12(11-13)9-10-15(18)17-14-7-2-1-3-8-14/h4-6,9-11,14H,1-3,7-8H2,(H,17,18)/b10-9+. The third-order valence-electron chi connectivity index (χ3n) is 3.23. The first kappa shape index (κ1) is 13.2. The largest absolute Gasteiger partial charge is 0.350 e. The molecule has 0 saturated heterocycles. The average Bonchev–Trinajstić information content (AvgIpc) is 2.38. The van der Waals surface area contributed by atoms with Crippen LogP contribution < -0.4 is 5.32 Å². The summed E-state index contributed by atoms with van der Waals surface area (Å²) in [7, 11) is 0. The Hall–Kier alpha value is -1.28. The summed E-state index contributed by atoms with van der Waals surface area (Å²) in [6.07, 6.45) is 9.34. The van der Waals surface area contributed by atoms with Crippen LogP contribution >= 0.6 is 11.6 Å². The molecule has 0 radical (unpaired) electrons. The van der Waals surface area contributed by atoms with Crippen molar-refractivity contribution in [3.63, 3.8) is 0 Å². The number of amides is 1. The van der Waals surface area contributed by atoms with Crippen molar-refractivity contribution in [3.05, 3.63) is 40.9 Å². The Morgan fingerprint density at radius 1 is 1.28 bits per heavy atom. The monoisotopic (exact) mass is 263 g/mol. The summed E-state index contributed by atoms with van der Waals surface area (Å²) < 4.78 is 0. The van der Waals surface area contributed by atoms with Crippen LogP contribution in [0, 0.1) is 0 Å². The molecule has 0 aromatic heterocycles. The molecule has 1 aromatic rings. The van der Waals surface area contributed by atoms with Crippen LogP contribution in [0.3, 0.4) is 0 Å². The minimum atomic E-state index is -0.0122. The summed E-state index contributed by atoms with van der Waals surface area (Å²) in [5.74, 6) is -0.0122. The predicted octanol–water partition coefficient (Wildman–Crippen LogP) is 3.80. The van der Waals surface area contributed by atoms with Crippen LogP contribution in [0.4, 0.5) is 0 Å². The fourth-order valence-electron chi connectivity index (χ4n) is 2.28. The molecule has 2 rings (SSSR count). The molecule has 96 valence electrons. The van der Waals surface area contributed by atoms with E-state index in [0.717, 1.165) is 18.4 Å². The van der Waals surface area contributed by atoms with E-state index in [1.54, 1.807) is 12.2 Å². The van der Waals surface area contributed by atoms with Crippen LogP contribution in [0.25, 0.3) is 6.08 Å². The van der Waals surface area contributed by atoms with Gasteiger partial charge in [-0.2, -0.15) is 0 Å². The lowest BCUT2D eigenvalue weighted by molar-refractivity contribution is -0.117. The van der Waals surface area contributed by atoms with Gasteiger partial charge < -0.3 is 5.32 Å². The molecule has 1 aromatic carbocycles. The molecule has 1 saturated carbocycles. The van der Waals surface area contributed by atoms with E-state index >= 15 is 0 Å². The Morgan fingerprint density at radius 3 is 2.78 bits per heavy atom. The number of nitrogens with one attached hydrogen (secondary N) is 1. The molecule has 1 fully saturated rings. The zero-order valence-electron chi connectivity index (χ0n) is 10.4. The zero-order valence-corrected chi connectivity index (χ0v) is 11.1. The van der Waals surface area contributed by atoms with Gasteiger partial charge in [-0.3, -0.25) is 4.79 Å². The van der Waals surface area contributed by atoms with E-state index < -0.39 is 0 Å². The van der Waals surface area contributed by atoms with E-state index in [0.29, 0.717) is 11.1 Å². The molecular weight excluding hydrogens is 246 g/mol. The maximum atomic E-state index is 11.7. The molecule has 0 heterocycles. The lowest BCUT2D eigenvalue weighted by atomic mass is 9.95. The van der Waals surface area contributed by atoms with E-state index in [9.17, 15) is 4.79 Å². The highest BCUT2D eigenvalue weighted by Crippen LogP contribution is 2.17.